The van der Waals surface area contributed by atoms with Gasteiger partial charge in [0.1, 0.15) is 0 Å². The molecule has 30 heavy (non-hydrogen) atoms. The molecule has 0 saturated carbocycles. The van der Waals surface area contributed by atoms with E-state index in [0.29, 0.717) is 15.3 Å². The van der Waals surface area contributed by atoms with Crippen LogP contribution in [0.5, 0.6) is 0 Å². The summed E-state index contributed by atoms with van der Waals surface area (Å²) in [7, 11) is -2.81. The number of amides is 1. The predicted molar refractivity (Wildman–Crippen MR) is 107 cm³/mol. The quantitative estimate of drug-likeness (QED) is 0.671. The molecule has 4 rings (SSSR count). The molecule has 3 aromatic carbocycles. The molecule has 0 aromatic heterocycles. The highest BCUT2D eigenvalue weighted by molar-refractivity contribution is 7.89. The first-order chi connectivity index (χ1) is 14.1. The maximum atomic E-state index is 13.0. The van der Waals surface area contributed by atoms with Gasteiger partial charge in [-0.05, 0) is 46.7 Å². The zero-order chi connectivity index (χ0) is 21.7. The summed E-state index contributed by atoms with van der Waals surface area (Å²) in [4.78, 5) is 12.8. The van der Waals surface area contributed by atoms with Crippen molar-refractivity contribution in [3.05, 3.63) is 71.8 Å². The van der Waals surface area contributed by atoms with E-state index >= 15 is 0 Å². The largest absolute Gasteiger partial charge is 0.416 e. The van der Waals surface area contributed by atoms with E-state index in [-0.39, 0.29) is 17.1 Å². The molecule has 0 radical (unpaired) electrons. The number of hydrogen-bond donors (Lipinski definition) is 1. The number of benzene rings is 3. The summed E-state index contributed by atoms with van der Waals surface area (Å²) in [5, 5.41) is 4.34. The van der Waals surface area contributed by atoms with Gasteiger partial charge in [-0.2, -0.15) is 13.2 Å². The molecule has 1 atom stereocenters. The lowest BCUT2D eigenvalue weighted by atomic mass is 9.94. The summed E-state index contributed by atoms with van der Waals surface area (Å²) in [6.45, 7) is -0.0503. The van der Waals surface area contributed by atoms with Gasteiger partial charge in [0.25, 0.3) is 10.0 Å². The first-order valence-electron chi connectivity index (χ1n) is 9.05. The van der Waals surface area contributed by atoms with Gasteiger partial charge in [-0.1, -0.05) is 30.3 Å². The number of halogens is 3. The number of alkyl halides is 3. The van der Waals surface area contributed by atoms with Gasteiger partial charge < -0.3 is 5.32 Å². The van der Waals surface area contributed by atoms with Gasteiger partial charge in [-0.3, -0.25) is 4.79 Å². The molecule has 9 heteroatoms. The summed E-state index contributed by atoms with van der Waals surface area (Å²) in [6, 6.07) is 15.0. The van der Waals surface area contributed by atoms with Crippen LogP contribution in [0.3, 0.4) is 0 Å². The molecule has 0 saturated heterocycles. The fraction of sp³-hybridized carbons (Fsp3) is 0.190. The van der Waals surface area contributed by atoms with Crippen molar-refractivity contribution in [2.24, 2.45) is 0 Å². The van der Waals surface area contributed by atoms with Crippen molar-refractivity contribution < 1.29 is 26.4 Å². The maximum Gasteiger partial charge on any atom is 0.416 e. The lowest BCUT2D eigenvalue weighted by molar-refractivity contribution is -0.137. The molecule has 0 spiro atoms. The molecule has 1 heterocycles. The Morgan fingerprint density at radius 1 is 1.00 bits per heavy atom. The second-order valence-corrected chi connectivity index (χ2v) is 9.00. The van der Waals surface area contributed by atoms with Crippen LogP contribution in [-0.2, 0) is 21.0 Å². The number of hydrogen-bond acceptors (Lipinski definition) is 4. The zero-order valence-corrected chi connectivity index (χ0v) is 16.6. The van der Waals surface area contributed by atoms with E-state index in [0.717, 1.165) is 17.5 Å². The molecule has 3 aromatic rings. The summed E-state index contributed by atoms with van der Waals surface area (Å²) in [6.07, 6.45) is -4.49. The molecule has 156 valence electrons. The SMILES string of the molecule is CN1C(=O)C(CNc2cccc(C(F)(F)F)c2)c2cc3ccccc3cc2S1(=O)=O. The van der Waals surface area contributed by atoms with Gasteiger partial charge in [-0.25, -0.2) is 12.7 Å². The van der Waals surface area contributed by atoms with Crippen molar-refractivity contribution in [1.29, 1.82) is 0 Å². The Labute approximate surface area is 171 Å². The fourth-order valence-corrected chi connectivity index (χ4v) is 5.01. The summed E-state index contributed by atoms with van der Waals surface area (Å²) in [5.41, 5.74) is -0.291. The summed E-state index contributed by atoms with van der Waals surface area (Å²) >= 11 is 0. The molecule has 0 bridgehead atoms. The number of nitrogens with zero attached hydrogens (tertiary/aromatic N) is 1. The third-order valence-corrected chi connectivity index (χ3v) is 7.01. The van der Waals surface area contributed by atoms with E-state index in [4.69, 9.17) is 0 Å². The molecule has 1 N–H and O–H groups in total. The van der Waals surface area contributed by atoms with E-state index in [2.05, 4.69) is 5.32 Å². The van der Waals surface area contributed by atoms with Crippen LogP contribution in [0.2, 0.25) is 0 Å². The van der Waals surface area contributed by atoms with E-state index < -0.39 is 33.6 Å². The molecular weight excluding hydrogens is 417 g/mol. The Hall–Kier alpha value is -3.07. The van der Waals surface area contributed by atoms with Gasteiger partial charge in [0.15, 0.2) is 0 Å². The molecule has 1 aliphatic rings. The third kappa shape index (κ3) is 3.39. The summed E-state index contributed by atoms with van der Waals surface area (Å²) in [5.74, 6) is -1.51. The monoisotopic (exact) mass is 434 g/mol. The van der Waals surface area contributed by atoms with Crippen LogP contribution in [0.4, 0.5) is 18.9 Å². The standard InChI is InChI=1S/C21H17F3N2O3S/c1-26-20(27)18(12-25-16-8-4-7-15(11-16)21(22,23)24)17-9-13-5-2-3-6-14(13)10-19(17)30(26,28)29/h2-11,18,25H,12H2,1H3. The number of sulfonamides is 1. The first-order valence-corrected chi connectivity index (χ1v) is 10.5. The van der Waals surface area contributed by atoms with E-state index in [1.807, 2.05) is 6.07 Å². The van der Waals surface area contributed by atoms with Gasteiger partial charge in [0, 0.05) is 19.3 Å². The lowest BCUT2D eigenvalue weighted by Gasteiger charge is -2.31. The van der Waals surface area contributed by atoms with Crippen molar-refractivity contribution >= 4 is 32.4 Å². The summed E-state index contributed by atoms with van der Waals surface area (Å²) < 4.78 is 65.1. The minimum atomic E-state index is -4.49. The Bertz CT molecular complexity index is 1260. The number of nitrogens with one attached hydrogen (secondary N) is 1. The van der Waals surface area contributed by atoms with Gasteiger partial charge in [0.05, 0.1) is 16.4 Å². The average molecular weight is 434 g/mol. The molecule has 5 nitrogen and oxygen atoms in total. The molecule has 0 fully saturated rings. The fourth-order valence-electron chi connectivity index (χ4n) is 3.57. The van der Waals surface area contributed by atoms with Crippen LogP contribution in [0.25, 0.3) is 10.8 Å². The molecule has 0 aliphatic carbocycles. The van der Waals surface area contributed by atoms with Gasteiger partial charge >= 0.3 is 6.18 Å². The van der Waals surface area contributed by atoms with Crippen LogP contribution >= 0.6 is 0 Å². The second kappa shape index (κ2) is 7.02. The number of anilines is 1. The Kier molecular flexibility index (Phi) is 4.73. The molecule has 1 aliphatic heterocycles. The van der Waals surface area contributed by atoms with Crippen LogP contribution in [0.15, 0.2) is 65.6 Å². The minimum absolute atomic E-state index is 0.0270. The van der Waals surface area contributed by atoms with Gasteiger partial charge in [-0.15, -0.1) is 0 Å². The first kappa shape index (κ1) is 20.2. The Morgan fingerprint density at radius 3 is 2.33 bits per heavy atom. The number of rotatable bonds is 3. The van der Waals surface area contributed by atoms with Crippen molar-refractivity contribution in [1.82, 2.24) is 4.31 Å². The third-order valence-electron chi connectivity index (χ3n) is 5.20. The average Bonchev–Trinajstić information content (AvgIpc) is 2.71. The van der Waals surface area contributed by atoms with E-state index in [1.165, 1.54) is 25.2 Å². The number of carbonyl (C=O) groups is 1. The van der Waals surface area contributed by atoms with Crippen LogP contribution < -0.4 is 5.32 Å². The Morgan fingerprint density at radius 2 is 1.67 bits per heavy atom. The van der Waals surface area contributed by atoms with Crippen LogP contribution in [0, 0.1) is 0 Å². The highest BCUT2D eigenvalue weighted by Gasteiger charge is 2.41. The molecule has 1 amide bonds. The topological polar surface area (TPSA) is 66.5 Å². The molecule has 1 unspecified atom stereocenters. The predicted octanol–water partition coefficient (Wildman–Crippen LogP) is 4.22. The van der Waals surface area contributed by atoms with Crippen LogP contribution in [0.1, 0.15) is 17.0 Å². The van der Waals surface area contributed by atoms with E-state index in [9.17, 15) is 26.4 Å². The zero-order valence-electron chi connectivity index (χ0n) is 15.8. The number of likely N-dealkylation sites (N-methyl/N-ethyl adjacent to an activating group) is 1. The number of carbonyl (C=O) groups excluding carboxylic acids is 1. The highest BCUT2D eigenvalue weighted by atomic mass is 32.2. The smallest absolute Gasteiger partial charge is 0.384 e. The Balaban J connectivity index is 1.74. The van der Waals surface area contributed by atoms with Crippen molar-refractivity contribution in [3.63, 3.8) is 0 Å². The van der Waals surface area contributed by atoms with E-state index in [1.54, 1.807) is 24.3 Å². The number of fused-ring (bicyclic) bond motifs is 2. The van der Waals surface area contributed by atoms with Gasteiger partial charge in [0.2, 0.25) is 5.91 Å². The van der Waals surface area contributed by atoms with Crippen molar-refractivity contribution in [3.8, 4) is 0 Å². The lowest BCUT2D eigenvalue weighted by Crippen LogP contribution is -2.43. The maximum absolute atomic E-state index is 13.0. The van der Waals surface area contributed by atoms with Crippen LogP contribution in [-0.4, -0.2) is 32.2 Å². The molecular formula is C21H17F3N2O3S. The minimum Gasteiger partial charge on any atom is -0.384 e. The second-order valence-electron chi connectivity index (χ2n) is 7.06. The van der Waals surface area contributed by atoms with Crippen molar-refractivity contribution in [2.75, 3.05) is 18.9 Å². The van der Waals surface area contributed by atoms with Crippen molar-refractivity contribution in [2.45, 2.75) is 17.0 Å². The normalized spacial score (nSPS) is 18.3. The highest BCUT2D eigenvalue weighted by Crippen LogP contribution is 2.37.